The molecule has 2 atom stereocenters. The summed E-state index contributed by atoms with van der Waals surface area (Å²) in [6.45, 7) is 2.67. The zero-order chi connectivity index (χ0) is 30.6. The van der Waals surface area contributed by atoms with Crippen LogP contribution in [0.25, 0.3) is 17.1 Å². The summed E-state index contributed by atoms with van der Waals surface area (Å²) >= 11 is 1.37. The summed E-state index contributed by atoms with van der Waals surface area (Å²) in [4.78, 5) is 22.6. The highest BCUT2D eigenvalue weighted by molar-refractivity contribution is 8.14. The summed E-state index contributed by atoms with van der Waals surface area (Å²) in [6, 6.07) is 17.5. The maximum absolute atomic E-state index is 15.0. The molecule has 3 aromatic carbocycles. The van der Waals surface area contributed by atoms with Crippen molar-refractivity contribution in [3.05, 3.63) is 90.3 Å². The molecule has 1 fully saturated rings. The van der Waals surface area contributed by atoms with Crippen LogP contribution in [0.2, 0.25) is 0 Å². The van der Waals surface area contributed by atoms with Gasteiger partial charge in [0, 0.05) is 23.5 Å². The smallest absolute Gasteiger partial charge is 0.406 e. The van der Waals surface area contributed by atoms with E-state index in [9.17, 15) is 26.7 Å². The minimum Gasteiger partial charge on any atom is -0.406 e. The summed E-state index contributed by atoms with van der Waals surface area (Å²) in [5.74, 6) is 0.582. The molecule has 0 bridgehead atoms. The zero-order valence-electron chi connectivity index (χ0n) is 22.6. The van der Waals surface area contributed by atoms with Gasteiger partial charge in [0.15, 0.2) is 17.2 Å². The first kappa shape index (κ1) is 30.0. The van der Waals surface area contributed by atoms with Crippen molar-refractivity contribution in [3.63, 3.8) is 0 Å². The number of benzene rings is 3. The van der Waals surface area contributed by atoms with Gasteiger partial charge in [0.05, 0.1) is 5.69 Å². The zero-order valence-corrected chi connectivity index (χ0v) is 23.4. The lowest BCUT2D eigenvalue weighted by Gasteiger charge is -2.21. The number of hydrogen-bond donors (Lipinski definition) is 1. The molecule has 5 rings (SSSR count). The number of thioether (sulfide) groups is 1. The summed E-state index contributed by atoms with van der Waals surface area (Å²) in [5, 5.41) is 6.69. The number of aliphatic imine (C=N–C) groups is 1. The van der Waals surface area contributed by atoms with Crippen LogP contribution >= 0.6 is 11.8 Å². The Bertz CT molecular complexity index is 1590. The molecule has 14 heteroatoms. The van der Waals surface area contributed by atoms with Gasteiger partial charge in [-0.05, 0) is 47.9 Å². The Morgan fingerprint density at radius 2 is 1.79 bits per heavy atom. The lowest BCUT2D eigenvalue weighted by molar-refractivity contribution is -0.274. The van der Waals surface area contributed by atoms with Gasteiger partial charge in [-0.2, -0.15) is 4.99 Å². The van der Waals surface area contributed by atoms with Crippen LogP contribution in [0.3, 0.4) is 0 Å². The van der Waals surface area contributed by atoms with Crippen LogP contribution in [-0.2, 0) is 6.42 Å². The molecule has 0 radical (unpaired) electrons. The highest BCUT2D eigenvalue weighted by Crippen LogP contribution is 2.30. The standard InChI is InChI=1S/C29H25F5N6O2S/c1-2-18-5-3-4-6-23(18)39-15-16-43-28(39)37-27(41)36-25(31)24(30)19-7-9-20(10-8-19)26-35-17-40(38-26)21-11-13-22(14-12-21)42-29(32,33)34/h3-14,17,24-25H,2,15-16H2,1H3,(H,36,41)/b37-28-. The van der Waals surface area contributed by atoms with E-state index in [1.54, 1.807) is 0 Å². The van der Waals surface area contributed by atoms with Crippen molar-refractivity contribution in [2.75, 3.05) is 17.2 Å². The molecule has 0 spiro atoms. The number of urea groups is 1. The number of ether oxygens (including phenoxy) is 1. The minimum atomic E-state index is -4.80. The molecule has 1 N–H and O–H groups in total. The SMILES string of the molecule is CCc1ccccc1N1CCS/C1=N\C(=O)NC(F)C(F)c1ccc(-c2ncn(-c3ccc(OC(F)(F)F)cc3)n2)cc1. The van der Waals surface area contributed by atoms with E-state index < -0.39 is 24.9 Å². The summed E-state index contributed by atoms with van der Waals surface area (Å²) in [5.41, 5.74) is 2.92. The van der Waals surface area contributed by atoms with Crippen molar-refractivity contribution in [2.24, 2.45) is 4.99 Å². The molecule has 1 aliphatic heterocycles. The van der Waals surface area contributed by atoms with Gasteiger partial charge >= 0.3 is 12.4 Å². The lowest BCUT2D eigenvalue weighted by atomic mass is 10.1. The first-order valence-corrected chi connectivity index (χ1v) is 14.1. The van der Waals surface area contributed by atoms with E-state index >= 15 is 0 Å². The van der Waals surface area contributed by atoms with Gasteiger partial charge in [-0.25, -0.2) is 23.2 Å². The fourth-order valence-corrected chi connectivity index (χ4v) is 5.36. The Labute approximate surface area is 247 Å². The number of hydrogen-bond acceptors (Lipinski definition) is 5. The molecule has 224 valence electrons. The predicted molar refractivity (Wildman–Crippen MR) is 154 cm³/mol. The van der Waals surface area contributed by atoms with Crippen LogP contribution in [-0.4, -0.2) is 50.9 Å². The first-order chi connectivity index (χ1) is 20.6. The number of nitrogens with zero attached hydrogens (tertiary/aromatic N) is 5. The summed E-state index contributed by atoms with van der Waals surface area (Å²) in [7, 11) is 0. The molecule has 8 nitrogen and oxygen atoms in total. The van der Waals surface area contributed by atoms with Crippen molar-refractivity contribution in [1.82, 2.24) is 20.1 Å². The van der Waals surface area contributed by atoms with Crippen molar-refractivity contribution in [3.8, 4) is 22.8 Å². The number of aryl methyl sites for hydroxylation is 1. The maximum Gasteiger partial charge on any atom is 0.573 e. The van der Waals surface area contributed by atoms with E-state index in [-0.39, 0.29) is 17.1 Å². The minimum absolute atomic E-state index is 0.0161. The second-order valence-electron chi connectivity index (χ2n) is 9.31. The fourth-order valence-electron chi connectivity index (χ4n) is 4.41. The number of carbonyl (C=O) groups is 1. The van der Waals surface area contributed by atoms with Crippen LogP contribution < -0.4 is 15.0 Å². The molecule has 2 unspecified atom stereocenters. The van der Waals surface area contributed by atoms with Gasteiger partial charge in [-0.1, -0.05) is 61.2 Å². The molecular weight excluding hydrogens is 591 g/mol. The van der Waals surface area contributed by atoms with Gasteiger partial charge in [-0.15, -0.1) is 18.3 Å². The normalized spacial score (nSPS) is 15.9. The number of carbonyl (C=O) groups excluding carboxylic acids is 1. The van der Waals surface area contributed by atoms with E-state index in [4.69, 9.17) is 0 Å². The number of amidine groups is 1. The first-order valence-electron chi connectivity index (χ1n) is 13.1. The molecule has 1 aromatic heterocycles. The highest BCUT2D eigenvalue weighted by atomic mass is 32.2. The van der Waals surface area contributed by atoms with Crippen LogP contribution in [0.1, 0.15) is 24.2 Å². The largest absolute Gasteiger partial charge is 0.573 e. The Kier molecular flexibility index (Phi) is 8.94. The van der Waals surface area contributed by atoms with Crippen LogP contribution in [0, 0.1) is 0 Å². The number of amides is 2. The molecule has 2 amide bonds. The van der Waals surface area contributed by atoms with Crippen molar-refractivity contribution in [1.29, 1.82) is 0 Å². The number of rotatable bonds is 8. The second kappa shape index (κ2) is 12.8. The molecule has 1 aliphatic rings. The third-order valence-corrected chi connectivity index (χ3v) is 7.43. The average Bonchev–Trinajstić information content (AvgIpc) is 3.67. The molecule has 2 heterocycles. The maximum atomic E-state index is 15.0. The van der Waals surface area contributed by atoms with Crippen LogP contribution in [0.4, 0.5) is 32.4 Å². The van der Waals surface area contributed by atoms with E-state index in [1.807, 2.05) is 41.4 Å². The van der Waals surface area contributed by atoms with E-state index in [0.29, 0.717) is 28.7 Å². The van der Waals surface area contributed by atoms with Crippen molar-refractivity contribution < 1.29 is 31.5 Å². The van der Waals surface area contributed by atoms with E-state index in [2.05, 4.69) is 19.8 Å². The van der Waals surface area contributed by atoms with Gasteiger partial charge in [0.2, 0.25) is 6.30 Å². The Morgan fingerprint density at radius 3 is 2.49 bits per heavy atom. The molecule has 1 saturated heterocycles. The van der Waals surface area contributed by atoms with Crippen molar-refractivity contribution in [2.45, 2.75) is 32.2 Å². The predicted octanol–water partition coefficient (Wildman–Crippen LogP) is 7.02. The topological polar surface area (TPSA) is 84.6 Å². The number of halogens is 5. The summed E-state index contributed by atoms with van der Waals surface area (Å²) < 4.78 is 72.1. The van der Waals surface area contributed by atoms with Gasteiger partial charge < -0.3 is 15.0 Å². The Balaban J connectivity index is 1.21. The molecule has 43 heavy (non-hydrogen) atoms. The average molecular weight is 617 g/mol. The number of anilines is 1. The number of alkyl halides is 5. The Morgan fingerprint density at radius 1 is 1.07 bits per heavy atom. The number of aromatic nitrogens is 3. The Hall–Kier alpha value is -4.46. The van der Waals surface area contributed by atoms with Crippen molar-refractivity contribution >= 4 is 28.6 Å². The third kappa shape index (κ3) is 7.31. The lowest BCUT2D eigenvalue weighted by Crippen LogP contribution is -2.34. The quantitative estimate of drug-likeness (QED) is 0.169. The third-order valence-electron chi connectivity index (χ3n) is 6.47. The molecular formula is C29H25F5N6O2S. The van der Waals surface area contributed by atoms with E-state index in [0.717, 1.165) is 29.8 Å². The monoisotopic (exact) mass is 616 g/mol. The van der Waals surface area contributed by atoms with Gasteiger partial charge in [0.1, 0.15) is 12.1 Å². The molecule has 4 aromatic rings. The molecule has 0 aliphatic carbocycles. The van der Waals surface area contributed by atoms with Crippen LogP contribution in [0.15, 0.2) is 84.1 Å². The molecule has 0 saturated carbocycles. The second-order valence-corrected chi connectivity index (χ2v) is 10.4. The summed E-state index contributed by atoms with van der Waals surface area (Å²) in [6.07, 6.45) is -7.14. The highest BCUT2D eigenvalue weighted by Gasteiger charge is 2.31. The van der Waals surface area contributed by atoms with E-state index in [1.165, 1.54) is 59.2 Å². The fraction of sp³-hybridized carbons (Fsp3) is 0.241. The van der Waals surface area contributed by atoms with Crippen LogP contribution in [0.5, 0.6) is 5.75 Å². The van der Waals surface area contributed by atoms with Gasteiger partial charge in [-0.3, -0.25) is 0 Å². The van der Waals surface area contributed by atoms with Gasteiger partial charge in [0.25, 0.3) is 0 Å². The number of nitrogens with one attached hydrogen (secondary N) is 1. The number of para-hydroxylation sites is 1.